The molecular weight excluding hydrogens is 326 g/mol. The summed E-state index contributed by atoms with van der Waals surface area (Å²) in [6.07, 6.45) is 1.79. The fourth-order valence-electron chi connectivity index (χ4n) is 3.22. The number of carbonyl (C=O) groups is 2. The second-order valence-corrected chi connectivity index (χ2v) is 7.86. The molecule has 0 saturated carbocycles. The van der Waals surface area contributed by atoms with E-state index in [9.17, 15) is 9.59 Å². The molecule has 5 nitrogen and oxygen atoms in total. The Morgan fingerprint density at radius 3 is 2.27 bits per heavy atom. The van der Waals surface area contributed by atoms with Gasteiger partial charge >= 0.3 is 0 Å². The molecule has 1 saturated heterocycles. The molecule has 0 spiro atoms. The highest BCUT2D eigenvalue weighted by atomic mass is 16.2. The van der Waals surface area contributed by atoms with E-state index < -0.39 is 6.04 Å². The maximum atomic E-state index is 12.9. The number of nitrogens with zero attached hydrogens (tertiary/aromatic N) is 2. The van der Waals surface area contributed by atoms with Crippen molar-refractivity contribution >= 4 is 11.8 Å². The predicted octanol–water partition coefficient (Wildman–Crippen LogP) is 2.23. The molecule has 2 rings (SSSR count). The topological polar surface area (TPSA) is 52.7 Å². The normalized spacial score (nSPS) is 16.6. The van der Waals surface area contributed by atoms with Crippen LogP contribution in [0.3, 0.4) is 0 Å². The van der Waals surface area contributed by atoms with E-state index in [0.717, 1.165) is 31.7 Å². The average molecular weight is 360 g/mol. The average Bonchev–Trinajstić information content (AvgIpc) is 2.60. The fraction of sp³-hybridized carbons (Fsp3) is 0.619. The van der Waals surface area contributed by atoms with Gasteiger partial charge in [-0.2, -0.15) is 0 Å². The van der Waals surface area contributed by atoms with E-state index in [1.54, 1.807) is 0 Å². The number of benzene rings is 1. The SMILES string of the molecule is Cc1ccc(CCC(=O)N[C@@H](CC(C)C)C(=O)N2CCN(C)CC2)cc1. The number of amides is 2. The highest BCUT2D eigenvalue weighted by Crippen LogP contribution is 2.11. The van der Waals surface area contributed by atoms with E-state index in [2.05, 4.69) is 62.3 Å². The van der Waals surface area contributed by atoms with Crippen LogP contribution in [0.5, 0.6) is 0 Å². The van der Waals surface area contributed by atoms with Crippen LogP contribution in [-0.4, -0.2) is 60.9 Å². The van der Waals surface area contributed by atoms with Crippen molar-refractivity contribution in [2.75, 3.05) is 33.2 Å². The minimum Gasteiger partial charge on any atom is -0.344 e. The summed E-state index contributed by atoms with van der Waals surface area (Å²) in [5, 5.41) is 2.99. The summed E-state index contributed by atoms with van der Waals surface area (Å²) in [4.78, 5) is 29.4. The van der Waals surface area contributed by atoms with Gasteiger partial charge in [-0.05, 0) is 38.3 Å². The monoisotopic (exact) mass is 359 g/mol. The third kappa shape index (κ3) is 6.45. The Morgan fingerprint density at radius 2 is 1.69 bits per heavy atom. The minimum atomic E-state index is -0.413. The molecule has 26 heavy (non-hydrogen) atoms. The number of hydrogen-bond acceptors (Lipinski definition) is 3. The Hall–Kier alpha value is -1.88. The van der Waals surface area contributed by atoms with Gasteiger partial charge < -0.3 is 15.1 Å². The third-order valence-electron chi connectivity index (χ3n) is 4.92. The molecule has 1 aliphatic heterocycles. The Labute approximate surface area is 157 Å². The summed E-state index contributed by atoms with van der Waals surface area (Å²) in [5.74, 6) is 0.378. The Morgan fingerprint density at radius 1 is 1.08 bits per heavy atom. The molecule has 5 heteroatoms. The van der Waals surface area contributed by atoms with Gasteiger partial charge in [0.2, 0.25) is 11.8 Å². The zero-order chi connectivity index (χ0) is 19.1. The van der Waals surface area contributed by atoms with Crippen molar-refractivity contribution in [1.82, 2.24) is 15.1 Å². The number of carbonyl (C=O) groups excluding carboxylic acids is 2. The van der Waals surface area contributed by atoms with Crippen molar-refractivity contribution in [2.45, 2.75) is 46.1 Å². The van der Waals surface area contributed by atoms with E-state index in [4.69, 9.17) is 0 Å². The maximum absolute atomic E-state index is 12.9. The smallest absolute Gasteiger partial charge is 0.245 e. The molecule has 0 unspecified atom stereocenters. The van der Waals surface area contributed by atoms with E-state index >= 15 is 0 Å². The van der Waals surface area contributed by atoms with Crippen LogP contribution in [0.25, 0.3) is 0 Å². The van der Waals surface area contributed by atoms with Crippen molar-refractivity contribution in [3.8, 4) is 0 Å². The van der Waals surface area contributed by atoms with Crippen molar-refractivity contribution in [2.24, 2.45) is 5.92 Å². The zero-order valence-corrected chi connectivity index (χ0v) is 16.6. The molecule has 1 N–H and O–H groups in total. The fourth-order valence-corrected chi connectivity index (χ4v) is 3.22. The Kier molecular flexibility index (Phi) is 7.64. The standard InChI is InChI=1S/C21H33N3O2/c1-16(2)15-19(21(26)24-13-11-23(4)12-14-24)22-20(25)10-9-18-7-5-17(3)6-8-18/h5-8,16,19H,9-15H2,1-4H3,(H,22,25)/t19-/m0/s1. The molecule has 2 amide bonds. The molecule has 1 aromatic rings. The van der Waals surface area contributed by atoms with Crippen molar-refractivity contribution in [3.63, 3.8) is 0 Å². The van der Waals surface area contributed by atoms with Gasteiger partial charge in [-0.1, -0.05) is 43.7 Å². The second-order valence-electron chi connectivity index (χ2n) is 7.86. The van der Waals surface area contributed by atoms with Crippen LogP contribution in [0.15, 0.2) is 24.3 Å². The zero-order valence-electron chi connectivity index (χ0n) is 16.6. The van der Waals surface area contributed by atoms with Gasteiger partial charge in [0.25, 0.3) is 0 Å². The molecule has 144 valence electrons. The predicted molar refractivity (Wildman–Crippen MR) is 105 cm³/mol. The quantitative estimate of drug-likeness (QED) is 0.812. The minimum absolute atomic E-state index is 0.0429. The first kappa shape index (κ1) is 20.4. The van der Waals surface area contributed by atoms with Crippen LogP contribution in [0, 0.1) is 12.8 Å². The van der Waals surface area contributed by atoms with Crippen molar-refractivity contribution in [3.05, 3.63) is 35.4 Å². The van der Waals surface area contributed by atoms with Gasteiger partial charge in [0.05, 0.1) is 0 Å². The van der Waals surface area contributed by atoms with E-state index in [1.807, 2.05) is 4.90 Å². The largest absolute Gasteiger partial charge is 0.344 e. The maximum Gasteiger partial charge on any atom is 0.245 e. The molecule has 1 heterocycles. The van der Waals surface area contributed by atoms with Gasteiger partial charge in [-0.3, -0.25) is 9.59 Å². The van der Waals surface area contributed by atoms with Crippen molar-refractivity contribution < 1.29 is 9.59 Å². The number of aryl methyl sites for hydroxylation is 2. The van der Waals surface area contributed by atoms with Crippen LogP contribution in [-0.2, 0) is 16.0 Å². The number of nitrogens with one attached hydrogen (secondary N) is 1. The number of hydrogen-bond donors (Lipinski definition) is 1. The lowest BCUT2D eigenvalue weighted by Gasteiger charge is -2.35. The van der Waals surface area contributed by atoms with E-state index in [-0.39, 0.29) is 11.8 Å². The van der Waals surface area contributed by atoms with Crippen LogP contribution < -0.4 is 5.32 Å². The number of likely N-dealkylation sites (N-methyl/N-ethyl adjacent to an activating group) is 1. The molecule has 0 aromatic heterocycles. The molecule has 1 fully saturated rings. The molecule has 1 aromatic carbocycles. The Balaban J connectivity index is 1.90. The summed E-state index contributed by atoms with van der Waals surface area (Å²) in [6.45, 7) is 9.48. The number of piperazine rings is 1. The molecular formula is C21H33N3O2. The molecule has 0 aliphatic carbocycles. The number of rotatable bonds is 7. The van der Waals surface area contributed by atoms with Crippen LogP contribution in [0.2, 0.25) is 0 Å². The Bertz CT molecular complexity index is 590. The van der Waals surface area contributed by atoms with Gasteiger partial charge in [-0.15, -0.1) is 0 Å². The molecule has 0 bridgehead atoms. The van der Waals surface area contributed by atoms with Gasteiger partial charge in [-0.25, -0.2) is 0 Å². The summed E-state index contributed by atoms with van der Waals surface area (Å²) < 4.78 is 0. The summed E-state index contributed by atoms with van der Waals surface area (Å²) in [5.41, 5.74) is 2.37. The summed E-state index contributed by atoms with van der Waals surface area (Å²) in [7, 11) is 2.07. The molecule has 0 radical (unpaired) electrons. The lowest BCUT2D eigenvalue weighted by molar-refractivity contribution is -0.138. The summed E-state index contributed by atoms with van der Waals surface area (Å²) in [6, 6.07) is 7.83. The van der Waals surface area contributed by atoms with Crippen LogP contribution >= 0.6 is 0 Å². The first-order valence-corrected chi connectivity index (χ1v) is 9.67. The molecule has 1 atom stereocenters. The lowest BCUT2D eigenvalue weighted by atomic mass is 10.0. The third-order valence-corrected chi connectivity index (χ3v) is 4.92. The molecule has 1 aliphatic rings. The van der Waals surface area contributed by atoms with Gasteiger partial charge in [0, 0.05) is 32.6 Å². The van der Waals surface area contributed by atoms with E-state index in [1.165, 1.54) is 5.56 Å². The van der Waals surface area contributed by atoms with E-state index in [0.29, 0.717) is 25.2 Å². The second kappa shape index (κ2) is 9.72. The van der Waals surface area contributed by atoms with Crippen molar-refractivity contribution in [1.29, 1.82) is 0 Å². The van der Waals surface area contributed by atoms with Gasteiger partial charge in [0.15, 0.2) is 0 Å². The van der Waals surface area contributed by atoms with Crippen LogP contribution in [0.4, 0.5) is 0 Å². The summed E-state index contributed by atoms with van der Waals surface area (Å²) >= 11 is 0. The first-order chi connectivity index (χ1) is 12.3. The lowest BCUT2D eigenvalue weighted by Crippen LogP contribution is -2.54. The first-order valence-electron chi connectivity index (χ1n) is 9.67. The highest BCUT2D eigenvalue weighted by Gasteiger charge is 2.28. The highest BCUT2D eigenvalue weighted by molar-refractivity contribution is 5.87. The van der Waals surface area contributed by atoms with Crippen LogP contribution in [0.1, 0.15) is 37.8 Å². The van der Waals surface area contributed by atoms with Gasteiger partial charge in [0.1, 0.15) is 6.04 Å².